The summed E-state index contributed by atoms with van der Waals surface area (Å²) in [4.78, 5) is 21.6. The standard InChI is InChI=1S/C27H36N6O2S/c28-20(7-4-14-31-27(29)30)25(35)32-21(12-10-17-5-2-1-3-6-17)24(34)26-33-22-16-19(15-18-8-9-18)11-13-23(22)36-26/h1-3,5-6,11,13,16,18,20-21,24,34H,4,7-10,12,14-15,28H2,(H,32,35)(H4,29,30,31)/t20-,21-,24?/m1/s1. The van der Waals surface area contributed by atoms with E-state index in [9.17, 15) is 9.90 Å². The minimum atomic E-state index is -0.934. The van der Waals surface area contributed by atoms with Gasteiger partial charge < -0.3 is 27.6 Å². The summed E-state index contributed by atoms with van der Waals surface area (Å²) in [6.07, 6.45) is 5.05. The number of hydrogen-bond donors (Lipinski definition) is 5. The van der Waals surface area contributed by atoms with Crippen LogP contribution >= 0.6 is 11.3 Å². The third-order valence-electron chi connectivity index (χ3n) is 6.54. The van der Waals surface area contributed by atoms with Gasteiger partial charge >= 0.3 is 0 Å². The van der Waals surface area contributed by atoms with E-state index in [-0.39, 0.29) is 11.9 Å². The number of fused-ring (bicyclic) bond motifs is 1. The van der Waals surface area contributed by atoms with Gasteiger partial charge in [0.05, 0.1) is 22.3 Å². The molecule has 8 N–H and O–H groups in total. The molecule has 192 valence electrons. The maximum Gasteiger partial charge on any atom is 0.237 e. The summed E-state index contributed by atoms with van der Waals surface area (Å²) in [6, 6.07) is 15.2. The number of aryl methyl sites for hydroxylation is 1. The largest absolute Gasteiger partial charge is 0.384 e. The number of rotatable bonds is 13. The summed E-state index contributed by atoms with van der Waals surface area (Å²) in [7, 11) is 0. The molecular weight excluding hydrogens is 472 g/mol. The Bertz CT molecular complexity index is 1170. The Kier molecular flexibility index (Phi) is 8.90. The molecule has 0 bridgehead atoms. The zero-order valence-corrected chi connectivity index (χ0v) is 21.3. The maximum absolute atomic E-state index is 12.9. The first-order valence-electron chi connectivity index (χ1n) is 12.6. The minimum absolute atomic E-state index is 0.0209. The normalized spacial score (nSPS) is 15.8. The number of aliphatic hydroxyl groups is 1. The van der Waals surface area contributed by atoms with Crippen molar-refractivity contribution in [2.75, 3.05) is 6.54 Å². The van der Waals surface area contributed by atoms with Crippen molar-refractivity contribution in [2.24, 2.45) is 28.1 Å². The fourth-order valence-electron chi connectivity index (χ4n) is 4.29. The van der Waals surface area contributed by atoms with Gasteiger partial charge in [-0.3, -0.25) is 9.79 Å². The van der Waals surface area contributed by atoms with Crippen LogP contribution in [0.5, 0.6) is 0 Å². The van der Waals surface area contributed by atoms with Crippen molar-refractivity contribution in [3.05, 3.63) is 64.7 Å². The Morgan fingerprint density at radius 3 is 2.64 bits per heavy atom. The summed E-state index contributed by atoms with van der Waals surface area (Å²) in [5, 5.41) is 14.9. The smallest absolute Gasteiger partial charge is 0.237 e. The molecule has 36 heavy (non-hydrogen) atoms. The van der Waals surface area contributed by atoms with Crippen LogP contribution in [-0.4, -0.2) is 40.6 Å². The second kappa shape index (κ2) is 12.3. The molecule has 4 rings (SSSR count). The van der Waals surface area contributed by atoms with Gasteiger partial charge in [0, 0.05) is 6.54 Å². The molecular formula is C27H36N6O2S. The van der Waals surface area contributed by atoms with E-state index < -0.39 is 18.2 Å². The first-order chi connectivity index (χ1) is 17.4. The number of carbonyl (C=O) groups excluding carboxylic acids is 1. The van der Waals surface area contributed by atoms with Crippen molar-refractivity contribution in [3.8, 4) is 0 Å². The van der Waals surface area contributed by atoms with Crippen LogP contribution in [0.25, 0.3) is 10.2 Å². The highest BCUT2D eigenvalue weighted by Crippen LogP contribution is 2.35. The van der Waals surface area contributed by atoms with E-state index >= 15 is 0 Å². The molecule has 0 aliphatic heterocycles. The van der Waals surface area contributed by atoms with Crippen molar-refractivity contribution >= 4 is 33.4 Å². The SMILES string of the molecule is NC(N)=NCCC[C@@H](N)C(=O)N[C@H](CCc1ccccc1)C(O)c1nc2cc(CC3CC3)ccc2s1. The molecule has 9 heteroatoms. The van der Waals surface area contributed by atoms with Crippen LogP contribution < -0.4 is 22.5 Å². The Morgan fingerprint density at radius 2 is 1.92 bits per heavy atom. The van der Waals surface area contributed by atoms with E-state index in [4.69, 9.17) is 22.2 Å². The number of benzene rings is 2. The van der Waals surface area contributed by atoms with Crippen molar-refractivity contribution in [1.29, 1.82) is 0 Å². The van der Waals surface area contributed by atoms with Crippen LogP contribution in [0.4, 0.5) is 0 Å². The zero-order chi connectivity index (χ0) is 25.5. The Morgan fingerprint density at radius 1 is 1.14 bits per heavy atom. The van der Waals surface area contributed by atoms with E-state index in [1.54, 1.807) is 0 Å². The molecule has 1 amide bonds. The second-order valence-corrected chi connectivity index (χ2v) is 10.7. The fraction of sp³-hybridized carbons (Fsp3) is 0.444. The average Bonchev–Trinajstić information content (AvgIpc) is 3.58. The second-order valence-electron chi connectivity index (χ2n) is 9.64. The molecule has 1 aliphatic rings. The van der Waals surface area contributed by atoms with Gasteiger partial charge in [0.15, 0.2) is 5.96 Å². The highest BCUT2D eigenvalue weighted by molar-refractivity contribution is 7.18. The molecule has 1 unspecified atom stereocenters. The molecule has 1 aliphatic carbocycles. The molecule has 3 atom stereocenters. The molecule has 0 radical (unpaired) electrons. The lowest BCUT2D eigenvalue weighted by molar-refractivity contribution is -0.124. The topological polar surface area (TPSA) is 153 Å². The zero-order valence-electron chi connectivity index (χ0n) is 20.5. The first kappa shape index (κ1) is 26.1. The Balaban J connectivity index is 1.45. The number of amides is 1. The van der Waals surface area contributed by atoms with E-state index in [1.165, 1.54) is 29.7 Å². The summed E-state index contributed by atoms with van der Waals surface area (Å²) >= 11 is 1.47. The van der Waals surface area contributed by atoms with E-state index in [1.807, 2.05) is 30.3 Å². The number of nitrogens with one attached hydrogen (secondary N) is 1. The van der Waals surface area contributed by atoms with Crippen molar-refractivity contribution in [2.45, 2.75) is 63.1 Å². The number of nitrogens with two attached hydrogens (primary N) is 3. The molecule has 0 spiro atoms. The molecule has 1 heterocycles. The Hall–Kier alpha value is -3.01. The number of aromatic nitrogens is 1. The minimum Gasteiger partial charge on any atom is -0.384 e. The molecule has 3 aromatic rings. The molecule has 2 aromatic carbocycles. The Labute approximate surface area is 216 Å². The predicted molar refractivity (Wildman–Crippen MR) is 146 cm³/mol. The van der Waals surface area contributed by atoms with Crippen molar-refractivity contribution in [1.82, 2.24) is 10.3 Å². The summed E-state index contributed by atoms with van der Waals surface area (Å²) in [6.45, 7) is 0.414. The van der Waals surface area contributed by atoms with Crippen molar-refractivity contribution in [3.63, 3.8) is 0 Å². The van der Waals surface area contributed by atoms with Crippen LogP contribution in [0.3, 0.4) is 0 Å². The van der Waals surface area contributed by atoms with E-state index in [2.05, 4.69) is 28.5 Å². The maximum atomic E-state index is 12.9. The van der Waals surface area contributed by atoms with Gasteiger partial charge in [-0.2, -0.15) is 0 Å². The third-order valence-corrected chi connectivity index (χ3v) is 7.65. The quantitative estimate of drug-likeness (QED) is 0.136. The molecule has 0 saturated heterocycles. The highest BCUT2D eigenvalue weighted by atomic mass is 32.1. The van der Waals surface area contributed by atoms with Gasteiger partial charge in [0.1, 0.15) is 11.1 Å². The summed E-state index contributed by atoms with van der Waals surface area (Å²) < 4.78 is 1.04. The number of hydrogen-bond acceptors (Lipinski definition) is 6. The number of thiazole rings is 1. The van der Waals surface area contributed by atoms with Crippen LogP contribution in [0.15, 0.2) is 53.5 Å². The van der Waals surface area contributed by atoms with Gasteiger partial charge in [-0.15, -0.1) is 11.3 Å². The number of nitrogens with zero attached hydrogens (tertiary/aromatic N) is 2. The number of aliphatic imine (C=N–C) groups is 1. The van der Waals surface area contributed by atoms with Crippen LogP contribution in [0.1, 0.15) is 54.3 Å². The molecule has 1 aromatic heterocycles. The third kappa shape index (κ3) is 7.49. The van der Waals surface area contributed by atoms with E-state index in [0.717, 1.165) is 28.1 Å². The van der Waals surface area contributed by atoms with Crippen LogP contribution in [-0.2, 0) is 17.6 Å². The molecule has 1 fully saturated rings. The summed E-state index contributed by atoms with van der Waals surface area (Å²) in [5.41, 5.74) is 20.2. The fourth-order valence-corrected chi connectivity index (χ4v) is 5.29. The lowest BCUT2D eigenvalue weighted by atomic mass is 10.0. The lowest BCUT2D eigenvalue weighted by Gasteiger charge is -2.24. The molecule has 8 nitrogen and oxygen atoms in total. The average molecular weight is 509 g/mol. The molecule has 1 saturated carbocycles. The van der Waals surface area contributed by atoms with Crippen LogP contribution in [0, 0.1) is 5.92 Å². The van der Waals surface area contributed by atoms with Gasteiger partial charge in [-0.1, -0.05) is 36.4 Å². The van der Waals surface area contributed by atoms with Gasteiger partial charge in [0.25, 0.3) is 0 Å². The van der Waals surface area contributed by atoms with Gasteiger partial charge in [-0.05, 0) is 74.1 Å². The van der Waals surface area contributed by atoms with Crippen molar-refractivity contribution < 1.29 is 9.90 Å². The van der Waals surface area contributed by atoms with E-state index in [0.29, 0.717) is 37.2 Å². The first-order valence-corrected chi connectivity index (χ1v) is 13.4. The lowest BCUT2D eigenvalue weighted by Crippen LogP contribution is -2.47. The van der Waals surface area contributed by atoms with Gasteiger partial charge in [-0.25, -0.2) is 4.98 Å². The number of aliphatic hydroxyl groups excluding tert-OH is 1. The monoisotopic (exact) mass is 508 g/mol. The number of guanidine groups is 1. The predicted octanol–water partition coefficient (Wildman–Crippen LogP) is 2.78. The van der Waals surface area contributed by atoms with Crippen LogP contribution in [0.2, 0.25) is 0 Å². The number of carbonyl (C=O) groups is 1. The van der Waals surface area contributed by atoms with Gasteiger partial charge in [0.2, 0.25) is 5.91 Å². The summed E-state index contributed by atoms with van der Waals surface area (Å²) in [5.74, 6) is 0.518. The highest BCUT2D eigenvalue weighted by Gasteiger charge is 2.28.